The number of fused-ring (bicyclic) bond motifs is 1. The van der Waals surface area contributed by atoms with E-state index in [1.807, 2.05) is 19.1 Å². The van der Waals surface area contributed by atoms with Crippen molar-refractivity contribution in [2.45, 2.75) is 13.5 Å². The first kappa shape index (κ1) is 18.6. The van der Waals surface area contributed by atoms with E-state index in [2.05, 4.69) is 40.0 Å². The third-order valence-corrected chi connectivity index (χ3v) is 4.76. The lowest BCUT2D eigenvalue weighted by atomic mass is 10.1. The predicted molar refractivity (Wildman–Crippen MR) is 112 cm³/mol. The van der Waals surface area contributed by atoms with Crippen molar-refractivity contribution in [2.75, 3.05) is 12.8 Å². The highest BCUT2D eigenvalue weighted by molar-refractivity contribution is 5.95. The first-order valence-corrected chi connectivity index (χ1v) is 9.20. The van der Waals surface area contributed by atoms with Gasteiger partial charge >= 0.3 is 5.97 Å². The Balaban J connectivity index is 1.56. The summed E-state index contributed by atoms with van der Waals surface area (Å²) in [6.45, 7) is 2.66. The van der Waals surface area contributed by atoms with Gasteiger partial charge in [0.2, 0.25) is 5.88 Å². The van der Waals surface area contributed by atoms with Gasteiger partial charge in [-0.05, 0) is 54.3 Å². The van der Waals surface area contributed by atoms with Gasteiger partial charge in [-0.3, -0.25) is 0 Å². The summed E-state index contributed by atoms with van der Waals surface area (Å²) in [6, 6.07) is 17.3. The Hall–Kier alpha value is -3.80. The quantitative estimate of drug-likeness (QED) is 0.401. The van der Waals surface area contributed by atoms with Gasteiger partial charge in [-0.25, -0.2) is 9.78 Å². The minimum atomic E-state index is -0.507. The van der Waals surface area contributed by atoms with Crippen molar-refractivity contribution in [3.8, 4) is 11.6 Å². The van der Waals surface area contributed by atoms with Gasteiger partial charge in [-0.1, -0.05) is 18.2 Å². The number of nitrogens with zero attached hydrogens (tertiary/aromatic N) is 2. The second-order valence-corrected chi connectivity index (χ2v) is 6.81. The molecule has 0 atom stereocenters. The zero-order chi connectivity index (χ0) is 20.4. The second kappa shape index (κ2) is 7.67. The molecule has 0 aliphatic rings. The van der Waals surface area contributed by atoms with Crippen molar-refractivity contribution in [3.05, 3.63) is 83.7 Å². The Morgan fingerprint density at radius 2 is 1.97 bits per heavy atom. The molecule has 2 aromatic heterocycles. The Labute approximate surface area is 168 Å². The molecular weight excluding hydrogens is 366 g/mol. The zero-order valence-corrected chi connectivity index (χ0v) is 16.3. The van der Waals surface area contributed by atoms with Crippen LogP contribution in [-0.2, 0) is 11.3 Å². The number of nitrogen functional groups attached to an aromatic ring is 1. The number of benzene rings is 2. The molecule has 6 heteroatoms. The summed E-state index contributed by atoms with van der Waals surface area (Å²) >= 11 is 0. The van der Waals surface area contributed by atoms with Crippen molar-refractivity contribution in [2.24, 2.45) is 0 Å². The number of pyridine rings is 1. The van der Waals surface area contributed by atoms with Gasteiger partial charge in [0.15, 0.2) is 0 Å². The van der Waals surface area contributed by atoms with E-state index >= 15 is 0 Å². The van der Waals surface area contributed by atoms with Crippen molar-refractivity contribution < 1.29 is 14.3 Å². The summed E-state index contributed by atoms with van der Waals surface area (Å²) in [6.07, 6.45) is 3.88. The predicted octanol–water partition coefficient (Wildman–Crippen LogP) is 4.55. The SMILES string of the molecule is COC(=O)c1cc(Oc2ncc(Cn3ccc4ccccc43)cc2C)ccc1N. The molecule has 0 saturated carbocycles. The van der Waals surface area contributed by atoms with E-state index in [-0.39, 0.29) is 5.56 Å². The number of carbonyl (C=O) groups is 1. The molecule has 29 heavy (non-hydrogen) atoms. The lowest BCUT2D eigenvalue weighted by Gasteiger charge is -2.12. The highest BCUT2D eigenvalue weighted by Gasteiger charge is 2.13. The van der Waals surface area contributed by atoms with Gasteiger partial charge in [0.1, 0.15) is 5.75 Å². The van der Waals surface area contributed by atoms with Crippen LogP contribution in [0.5, 0.6) is 11.6 Å². The number of anilines is 1. The first-order valence-electron chi connectivity index (χ1n) is 9.20. The van der Waals surface area contributed by atoms with Crippen molar-refractivity contribution in [3.63, 3.8) is 0 Å². The van der Waals surface area contributed by atoms with Crippen LogP contribution in [-0.4, -0.2) is 22.6 Å². The van der Waals surface area contributed by atoms with E-state index in [4.69, 9.17) is 15.2 Å². The summed E-state index contributed by atoms with van der Waals surface area (Å²) in [7, 11) is 1.31. The molecule has 0 amide bonds. The van der Waals surface area contributed by atoms with E-state index in [1.54, 1.807) is 24.4 Å². The average molecular weight is 387 g/mol. The largest absolute Gasteiger partial charge is 0.465 e. The molecule has 2 N–H and O–H groups in total. The third-order valence-electron chi connectivity index (χ3n) is 4.76. The van der Waals surface area contributed by atoms with E-state index in [1.165, 1.54) is 18.0 Å². The molecule has 0 aliphatic heterocycles. The number of aromatic nitrogens is 2. The minimum absolute atomic E-state index is 0.263. The fourth-order valence-electron chi connectivity index (χ4n) is 3.29. The Morgan fingerprint density at radius 3 is 2.76 bits per heavy atom. The van der Waals surface area contributed by atoms with E-state index in [9.17, 15) is 4.79 Å². The monoisotopic (exact) mass is 387 g/mol. The number of para-hydroxylation sites is 1. The summed E-state index contributed by atoms with van der Waals surface area (Å²) < 4.78 is 12.8. The normalized spacial score (nSPS) is 10.8. The molecule has 0 spiro atoms. The number of aryl methyl sites for hydroxylation is 1. The third kappa shape index (κ3) is 3.78. The van der Waals surface area contributed by atoms with Crippen LogP contribution < -0.4 is 10.5 Å². The van der Waals surface area contributed by atoms with Crippen LogP contribution in [0.3, 0.4) is 0 Å². The van der Waals surface area contributed by atoms with E-state index in [0.29, 0.717) is 17.3 Å². The molecule has 0 unspecified atom stereocenters. The van der Waals surface area contributed by atoms with Crippen molar-refractivity contribution >= 4 is 22.6 Å². The molecule has 0 radical (unpaired) electrons. The summed E-state index contributed by atoms with van der Waals surface area (Å²) in [4.78, 5) is 16.3. The summed E-state index contributed by atoms with van der Waals surface area (Å²) in [5.74, 6) is 0.443. The van der Waals surface area contributed by atoms with Crippen LogP contribution in [0.2, 0.25) is 0 Å². The molecule has 4 rings (SSSR count). The van der Waals surface area contributed by atoms with Crippen LogP contribution >= 0.6 is 0 Å². The maximum Gasteiger partial charge on any atom is 0.340 e. The maximum atomic E-state index is 11.8. The number of rotatable bonds is 5. The van der Waals surface area contributed by atoms with Gasteiger partial charge < -0.3 is 19.8 Å². The molecule has 4 aromatic rings. The molecule has 2 aromatic carbocycles. The number of methoxy groups -OCH3 is 1. The number of esters is 1. The van der Waals surface area contributed by atoms with E-state index < -0.39 is 5.97 Å². The number of carbonyl (C=O) groups excluding carboxylic acids is 1. The average Bonchev–Trinajstić information content (AvgIpc) is 3.13. The van der Waals surface area contributed by atoms with Crippen molar-refractivity contribution in [1.82, 2.24) is 9.55 Å². The highest BCUT2D eigenvalue weighted by Crippen LogP contribution is 2.27. The van der Waals surface area contributed by atoms with Gasteiger partial charge in [0.05, 0.1) is 12.7 Å². The van der Waals surface area contributed by atoms with Gasteiger partial charge in [0, 0.05) is 35.7 Å². The molecule has 146 valence electrons. The molecule has 0 aliphatic carbocycles. The Kier molecular flexibility index (Phi) is 4.91. The van der Waals surface area contributed by atoms with Gasteiger partial charge in [-0.15, -0.1) is 0 Å². The smallest absolute Gasteiger partial charge is 0.340 e. The first-order chi connectivity index (χ1) is 14.0. The second-order valence-electron chi connectivity index (χ2n) is 6.81. The molecule has 0 fully saturated rings. The maximum absolute atomic E-state index is 11.8. The zero-order valence-electron chi connectivity index (χ0n) is 16.3. The molecular formula is C23H21N3O3. The van der Waals surface area contributed by atoms with Crippen molar-refractivity contribution in [1.29, 1.82) is 0 Å². The van der Waals surface area contributed by atoms with Crippen LogP contribution in [0.25, 0.3) is 10.9 Å². The lowest BCUT2D eigenvalue weighted by Crippen LogP contribution is -2.06. The topological polar surface area (TPSA) is 79.4 Å². The number of ether oxygens (including phenoxy) is 2. The molecule has 6 nitrogen and oxygen atoms in total. The van der Waals surface area contributed by atoms with Crippen LogP contribution in [0.4, 0.5) is 5.69 Å². The minimum Gasteiger partial charge on any atom is -0.465 e. The van der Waals surface area contributed by atoms with Gasteiger partial charge in [-0.2, -0.15) is 0 Å². The number of hydrogen-bond donors (Lipinski definition) is 1. The summed E-state index contributed by atoms with van der Waals surface area (Å²) in [5, 5.41) is 1.21. The molecule has 0 saturated heterocycles. The Bertz CT molecular complexity index is 1200. The van der Waals surface area contributed by atoms with Crippen LogP contribution in [0.1, 0.15) is 21.5 Å². The standard InChI is InChI=1S/C23H21N3O3/c1-15-11-16(14-26-10-9-17-5-3-4-6-21(17)26)13-25-22(15)29-18-7-8-20(24)19(12-18)23(27)28-2/h3-13H,14,24H2,1-2H3. The fraction of sp³-hybridized carbons (Fsp3) is 0.130. The summed E-state index contributed by atoms with van der Waals surface area (Å²) in [5.41, 5.74) is 9.59. The lowest BCUT2D eigenvalue weighted by molar-refractivity contribution is 0.0601. The van der Waals surface area contributed by atoms with E-state index in [0.717, 1.165) is 17.7 Å². The van der Waals surface area contributed by atoms with Crippen LogP contribution in [0.15, 0.2) is 67.0 Å². The van der Waals surface area contributed by atoms with Crippen LogP contribution in [0, 0.1) is 6.92 Å². The molecule has 0 bridgehead atoms. The molecule has 2 heterocycles. The number of nitrogens with two attached hydrogens (primary N) is 1. The fourth-order valence-corrected chi connectivity index (χ4v) is 3.29. The van der Waals surface area contributed by atoms with Gasteiger partial charge in [0.25, 0.3) is 0 Å². The number of hydrogen-bond acceptors (Lipinski definition) is 5. The Morgan fingerprint density at radius 1 is 1.14 bits per heavy atom. The highest BCUT2D eigenvalue weighted by atomic mass is 16.5.